The summed E-state index contributed by atoms with van der Waals surface area (Å²) in [6.07, 6.45) is 1.93. The van der Waals surface area contributed by atoms with Crippen LogP contribution in [0.2, 0.25) is 0 Å². The second-order valence-corrected chi connectivity index (χ2v) is 4.74. The Labute approximate surface area is 103 Å². The molecular weight excluding hydrogens is 216 g/mol. The fraction of sp³-hybridized carbons (Fsp3) is 0.833. The zero-order valence-electron chi connectivity index (χ0n) is 11.2. The molecule has 1 aliphatic rings. The summed E-state index contributed by atoms with van der Waals surface area (Å²) in [5, 5.41) is 12.2. The van der Waals surface area contributed by atoms with Gasteiger partial charge in [0.2, 0.25) is 0 Å². The molecule has 0 fully saturated rings. The second-order valence-electron chi connectivity index (χ2n) is 4.74. The monoisotopic (exact) mass is 238 g/mol. The van der Waals surface area contributed by atoms with Gasteiger partial charge in [0.25, 0.3) is 0 Å². The van der Waals surface area contributed by atoms with Crippen molar-refractivity contribution in [2.45, 2.75) is 51.8 Å². The Bertz CT molecular complexity index is 384. The van der Waals surface area contributed by atoms with Crippen molar-refractivity contribution in [2.75, 3.05) is 13.7 Å². The fourth-order valence-electron chi connectivity index (χ4n) is 2.35. The molecule has 2 heterocycles. The Hall–Kier alpha value is -0.940. The van der Waals surface area contributed by atoms with Crippen LogP contribution in [0.25, 0.3) is 0 Å². The summed E-state index contributed by atoms with van der Waals surface area (Å²) in [5.41, 5.74) is -0.332. The van der Waals surface area contributed by atoms with Gasteiger partial charge in [-0.2, -0.15) is 0 Å². The van der Waals surface area contributed by atoms with Gasteiger partial charge in [-0.05, 0) is 19.8 Å². The maximum atomic E-state index is 5.62. The number of hydrogen-bond acceptors (Lipinski definition) is 4. The predicted molar refractivity (Wildman–Crippen MR) is 65.7 cm³/mol. The van der Waals surface area contributed by atoms with Crippen molar-refractivity contribution < 1.29 is 4.74 Å². The summed E-state index contributed by atoms with van der Waals surface area (Å²) in [7, 11) is 1.74. The van der Waals surface area contributed by atoms with Gasteiger partial charge in [0.05, 0.1) is 6.04 Å². The van der Waals surface area contributed by atoms with Gasteiger partial charge in [0.15, 0.2) is 5.82 Å². The number of aromatic nitrogens is 3. The van der Waals surface area contributed by atoms with E-state index in [4.69, 9.17) is 4.74 Å². The number of rotatable bonds is 4. The van der Waals surface area contributed by atoms with Crippen molar-refractivity contribution in [3.8, 4) is 0 Å². The van der Waals surface area contributed by atoms with Crippen molar-refractivity contribution in [2.24, 2.45) is 0 Å². The lowest BCUT2D eigenvalue weighted by molar-refractivity contribution is -0.0126. The molecule has 1 aromatic rings. The van der Waals surface area contributed by atoms with Gasteiger partial charge in [-0.25, -0.2) is 0 Å². The van der Waals surface area contributed by atoms with Crippen molar-refractivity contribution in [1.82, 2.24) is 20.1 Å². The molecule has 1 N–H and O–H groups in total. The quantitative estimate of drug-likeness (QED) is 0.865. The Balaban J connectivity index is 2.41. The average Bonchev–Trinajstić information content (AvgIpc) is 2.82. The summed E-state index contributed by atoms with van der Waals surface area (Å²) in [6, 6.07) is 0.322. The zero-order chi connectivity index (χ0) is 12.5. The highest BCUT2D eigenvalue weighted by Gasteiger charge is 2.34. The molecule has 17 heavy (non-hydrogen) atoms. The standard InChI is InChI=1S/C12H22N4O/c1-5-9-10-14-15-11(12(3,6-2)17-4)16(10)8-7-13-9/h9,13H,5-8H2,1-4H3. The van der Waals surface area contributed by atoms with Gasteiger partial charge in [0.1, 0.15) is 11.4 Å². The van der Waals surface area contributed by atoms with Gasteiger partial charge < -0.3 is 14.6 Å². The molecule has 0 aliphatic carbocycles. The third-order valence-electron chi connectivity index (χ3n) is 3.82. The van der Waals surface area contributed by atoms with E-state index in [2.05, 4.69) is 40.9 Å². The number of hydrogen-bond donors (Lipinski definition) is 1. The Morgan fingerprint density at radius 3 is 2.82 bits per heavy atom. The highest BCUT2D eigenvalue weighted by Crippen LogP contribution is 2.30. The van der Waals surface area contributed by atoms with Crippen molar-refractivity contribution in [3.63, 3.8) is 0 Å². The molecular formula is C12H22N4O. The van der Waals surface area contributed by atoms with Crippen LogP contribution in [0.3, 0.4) is 0 Å². The van der Waals surface area contributed by atoms with Crippen molar-refractivity contribution >= 4 is 0 Å². The molecule has 2 rings (SSSR count). The molecule has 0 saturated heterocycles. The minimum Gasteiger partial charge on any atom is -0.371 e. The second kappa shape index (κ2) is 4.74. The van der Waals surface area contributed by atoms with Crippen LogP contribution in [0, 0.1) is 0 Å². The van der Waals surface area contributed by atoms with Gasteiger partial charge >= 0.3 is 0 Å². The first-order chi connectivity index (χ1) is 8.16. The first kappa shape index (κ1) is 12.5. The molecule has 1 aromatic heterocycles. The van der Waals surface area contributed by atoms with E-state index < -0.39 is 0 Å². The predicted octanol–water partition coefficient (Wildman–Crippen LogP) is 1.60. The summed E-state index contributed by atoms with van der Waals surface area (Å²) < 4.78 is 7.84. The zero-order valence-corrected chi connectivity index (χ0v) is 11.2. The van der Waals surface area contributed by atoms with Crippen LogP contribution in [0.15, 0.2) is 0 Å². The molecule has 96 valence electrons. The molecule has 2 unspecified atom stereocenters. The van der Waals surface area contributed by atoms with Crippen LogP contribution in [-0.2, 0) is 16.9 Å². The van der Waals surface area contributed by atoms with Gasteiger partial charge in [-0.15, -0.1) is 10.2 Å². The van der Waals surface area contributed by atoms with Gasteiger partial charge in [0, 0.05) is 20.2 Å². The lowest BCUT2D eigenvalue weighted by atomic mass is 10.0. The van der Waals surface area contributed by atoms with E-state index in [1.807, 2.05) is 0 Å². The molecule has 0 amide bonds. The van der Waals surface area contributed by atoms with E-state index in [0.717, 1.165) is 37.6 Å². The lowest BCUT2D eigenvalue weighted by Crippen LogP contribution is -2.36. The summed E-state index contributed by atoms with van der Waals surface area (Å²) in [6.45, 7) is 8.25. The van der Waals surface area contributed by atoms with Gasteiger partial charge in [-0.3, -0.25) is 0 Å². The minimum atomic E-state index is -0.332. The molecule has 0 spiro atoms. The molecule has 5 heteroatoms. The molecule has 0 aromatic carbocycles. The van der Waals surface area contributed by atoms with E-state index in [-0.39, 0.29) is 5.60 Å². The minimum absolute atomic E-state index is 0.322. The molecule has 1 aliphatic heterocycles. The largest absolute Gasteiger partial charge is 0.371 e. The summed E-state index contributed by atoms with van der Waals surface area (Å²) in [5.74, 6) is 2.00. The van der Waals surface area contributed by atoms with Crippen LogP contribution in [0.4, 0.5) is 0 Å². The average molecular weight is 238 g/mol. The third-order valence-corrected chi connectivity index (χ3v) is 3.82. The topological polar surface area (TPSA) is 52.0 Å². The fourth-order valence-corrected chi connectivity index (χ4v) is 2.35. The number of nitrogens with one attached hydrogen (secondary N) is 1. The van der Waals surface area contributed by atoms with Crippen molar-refractivity contribution in [1.29, 1.82) is 0 Å². The van der Waals surface area contributed by atoms with Crippen LogP contribution >= 0.6 is 0 Å². The maximum absolute atomic E-state index is 5.62. The molecule has 0 bridgehead atoms. The lowest BCUT2D eigenvalue weighted by Gasteiger charge is -2.30. The summed E-state index contributed by atoms with van der Waals surface area (Å²) in [4.78, 5) is 0. The van der Waals surface area contributed by atoms with E-state index in [0.29, 0.717) is 6.04 Å². The first-order valence-electron chi connectivity index (χ1n) is 6.38. The van der Waals surface area contributed by atoms with Crippen LogP contribution in [-0.4, -0.2) is 28.4 Å². The normalized spacial score (nSPS) is 23.2. The summed E-state index contributed by atoms with van der Waals surface area (Å²) >= 11 is 0. The van der Waals surface area contributed by atoms with Crippen LogP contribution in [0.1, 0.15) is 51.3 Å². The Kier molecular flexibility index (Phi) is 3.49. The van der Waals surface area contributed by atoms with Crippen LogP contribution in [0.5, 0.6) is 0 Å². The molecule has 5 nitrogen and oxygen atoms in total. The number of ether oxygens (including phenoxy) is 1. The molecule has 0 radical (unpaired) electrons. The highest BCUT2D eigenvalue weighted by atomic mass is 16.5. The van der Waals surface area contributed by atoms with E-state index in [1.165, 1.54) is 0 Å². The molecule has 2 atom stereocenters. The number of fused-ring (bicyclic) bond motifs is 1. The number of methoxy groups -OCH3 is 1. The third kappa shape index (κ3) is 1.98. The van der Waals surface area contributed by atoms with Crippen LogP contribution < -0.4 is 5.32 Å². The first-order valence-corrected chi connectivity index (χ1v) is 6.38. The van der Waals surface area contributed by atoms with E-state index >= 15 is 0 Å². The molecule has 0 saturated carbocycles. The Morgan fingerprint density at radius 2 is 2.24 bits per heavy atom. The Morgan fingerprint density at radius 1 is 1.47 bits per heavy atom. The van der Waals surface area contributed by atoms with Crippen molar-refractivity contribution in [3.05, 3.63) is 11.6 Å². The smallest absolute Gasteiger partial charge is 0.165 e. The van der Waals surface area contributed by atoms with Gasteiger partial charge in [-0.1, -0.05) is 13.8 Å². The van der Waals surface area contributed by atoms with E-state index in [9.17, 15) is 0 Å². The highest BCUT2D eigenvalue weighted by molar-refractivity contribution is 5.10. The van der Waals surface area contributed by atoms with E-state index in [1.54, 1.807) is 7.11 Å². The SMILES string of the molecule is CCC1NCCn2c1nnc2C(C)(CC)OC. The maximum Gasteiger partial charge on any atom is 0.165 e. The number of nitrogens with zero attached hydrogens (tertiary/aromatic N) is 3.